The zero-order valence-corrected chi connectivity index (χ0v) is 16.3. The van der Waals surface area contributed by atoms with Gasteiger partial charge in [-0.1, -0.05) is 29.8 Å². The van der Waals surface area contributed by atoms with Gasteiger partial charge in [0.2, 0.25) is 0 Å². The van der Waals surface area contributed by atoms with Crippen LogP contribution in [0.1, 0.15) is 12.0 Å². The zero-order chi connectivity index (χ0) is 19.5. The number of hydrogen-bond donors (Lipinski definition) is 1. The first-order valence-electron chi connectivity index (χ1n) is 9.26. The van der Waals surface area contributed by atoms with Crippen LogP contribution in [0.25, 0.3) is 11.1 Å². The Morgan fingerprint density at radius 3 is 2.71 bits per heavy atom. The Labute approximate surface area is 169 Å². The molecule has 1 aliphatic rings. The fourth-order valence-electron chi connectivity index (χ4n) is 3.58. The summed E-state index contributed by atoms with van der Waals surface area (Å²) in [7, 11) is 1.59. The molecule has 1 atom stereocenters. The molecule has 0 fully saturated rings. The van der Waals surface area contributed by atoms with Crippen molar-refractivity contribution in [1.82, 2.24) is 0 Å². The smallest absolute Gasteiger partial charge is 0.131 e. The maximum Gasteiger partial charge on any atom is 0.131 e. The fraction of sp³-hybridized carbons (Fsp3) is 0.217. The largest absolute Gasteiger partial charge is 0.496 e. The molecule has 4 rings (SSSR count). The molecule has 144 valence electrons. The van der Waals surface area contributed by atoms with E-state index in [-0.39, 0.29) is 11.9 Å². The number of ether oxygens (including phenoxy) is 2. The summed E-state index contributed by atoms with van der Waals surface area (Å²) in [4.78, 5) is 0. The maximum atomic E-state index is 14.3. The van der Waals surface area contributed by atoms with Gasteiger partial charge < -0.3 is 14.8 Å². The number of rotatable bonds is 6. The second kappa shape index (κ2) is 8.11. The van der Waals surface area contributed by atoms with Gasteiger partial charge in [-0.15, -0.1) is 0 Å². The Bertz CT molecular complexity index is 978. The molecule has 5 heteroatoms. The lowest BCUT2D eigenvalue weighted by molar-refractivity contribution is 0.226. The van der Waals surface area contributed by atoms with Gasteiger partial charge in [0.05, 0.1) is 7.11 Å². The molecule has 0 radical (unpaired) electrons. The summed E-state index contributed by atoms with van der Waals surface area (Å²) in [5, 5.41) is 3.96. The van der Waals surface area contributed by atoms with Crippen molar-refractivity contribution in [1.29, 1.82) is 0 Å². The Kier molecular flexibility index (Phi) is 5.40. The van der Waals surface area contributed by atoms with E-state index in [0.29, 0.717) is 28.5 Å². The predicted molar refractivity (Wildman–Crippen MR) is 111 cm³/mol. The fourth-order valence-corrected chi connectivity index (χ4v) is 3.75. The number of anilines is 1. The summed E-state index contributed by atoms with van der Waals surface area (Å²) < 4.78 is 26.0. The summed E-state index contributed by atoms with van der Waals surface area (Å²) in [5.41, 5.74) is 3.36. The highest BCUT2D eigenvalue weighted by molar-refractivity contribution is 6.31. The average Bonchev–Trinajstić information content (AvgIpc) is 3.10. The van der Waals surface area contributed by atoms with Gasteiger partial charge in [-0.3, -0.25) is 0 Å². The van der Waals surface area contributed by atoms with Crippen molar-refractivity contribution in [2.24, 2.45) is 0 Å². The third-order valence-electron chi connectivity index (χ3n) is 4.88. The van der Waals surface area contributed by atoms with Crippen molar-refractivity contribution in [3.63, 3.8) is 0 Å². The molecule has 0 aromatic heterocycles. The summed E-state index contributed by atoms with van der Waals surface area (Å²) >= 11 is 6.17. The number of halogens is 2. The van der Waals surface area contributed by atoms with Crippen LogP contribution in [0, 0.1) is 5.82 Å². The van der Waals surface area contributed by atoms with Gasteiger partial charge in [-0.05, 0) is 42.5 Å². The number of fused-ring (bicyclic) bond motifs is 1. The van der Waals surface area contributed by atoms with Gasteiger partial charge in [-0.2, -0.15) is 0 Å². The van der Waals surface area contributed by atoms with Gasteiger partial charge in [0, 0.05) is 46.8 Å². The molecule has 0 saturated carbocycles. The van der Waals surface area contributed by atoms with Crippen LogP contribution in [-0.4, -0.2) is 19.8 Å². The van der Waals surface area contributed by atoms with Crippen LogP contribution >= 0.6 is 11.6 Å². The number of hydrogen-bond acceptors (Lipinski definition) is 3. The minimum atomic E-state index is -0.289. The van der Waals surface area contributed by atoms with E-state index < -0.39 is 0 Å². The van der Waals surface area contributed by atoms with Crippen molar-refractivity contribution in [3.05, 3.63) is 77.1 Å². The molecule has 0 bridgehead atoms. The molecule has 3 nitrogen and oxygen atoms in total. The van der Waals surface area contributed by atoms with Crippen LogP contribution < -0.4 is 14.8 Å². The Hall–Kier alpha value is -2.72. The molecule has 0 saturated heterocycles. The van der Waals surface area contributed by atoms with E-state index in [1.165, 1.54) is 6.07 Å². The van der Waals surface area contributed by atoms with Gasteiger partial charge in [0.25, 0.3) is 0 Å². The highest BCUT2D eigenvalue weighted by Crippen LogP contribution is 2.44. The molecule has 0 aliphatic carbocycles. The van der Waals surface area contributed by atoms with Crippen molar-refractivity contribution in [2.75, 3.05) is 19.0 Å². The Morgan fingerprint density at radius 2 is 1.93 bits per heavy atom. The van der Waals surface area contributed by atoms with Crippen molar-refractivity contribution in [2.45, 2.75) is 18.9 Å². The van der Waals surface area contributed by atoms with E-state index in [1.807, 2.05) is 30.3 Å². The highest BCUT2D eigenvalue weighted by Gasteiger charge is 2.27. The highest BCUT2D eigenvalue weighted by atomic mass is 35.5. The molecule has 1 unspecified atom stereocenters. The molecule has 1 heterocycles. The zero-order valence-electron chi connectivity index (χ0n) is 15.5. The first-order chi connectivity index (χ1) is 13.6. The molecule has 28 heavy (non-hydrogen) atoms. The number of para-hydroxylation sites is 1. The lowest BCUT2D eigenvalue weighted by Crippen LogP contribution is -2.18. The normalized spacial score (nSPS) is 15.0. The van der Waals surface area contributed by atoms with Crippen LogP contribution in [0.3, 0.4) is 0 Å². The molecule has 3 aromatic rings. The van der Waals surface area contributed by atoms with E-state index in [0.717, 1.165) is 29.8 Å². The van der Waals surface area contributed by atoms with Crippen LogP contribution in [-0.2, 0) is 6.42 Å². The topological polar surface area (TPSA) is 30.5 Å². The second-order valence-electron chi connectivity index (χ2n) is 6.81. The van der Waals surface area contributed by atoms with E-state index in [1.54, 1.807) is 31.4 Å². The molecule has 3 aromatic carbocycles. The lowest BCUT2D eigenvalue weighted by Gasteiger charge is -2.15. The molecule has 0 amide bonds. The summed E-state index contributed by atoms with van der Waals surface area (Å²) in [6, 6.07) is 18.4. The van der Waals surface area contributed by atoms with Gasteiger partial charge in [-0.25, -0.2) is 4.39 Å². The van der Waals surface area contributed by atoms with Gasteiger partial charge >= 0.3 is 0 Å². The minimum Gasteiger partial charge on any atom is -0.496 e. The third-order valence-corrected chi connectivity index (χ3v) is 5.12. The number of nitrogens with one attached hydrogen (secondary N) is 1. The third kappa shape index (κ3) is 3.92. The van der Waals surface area contributed by atoms with E-state index >= 15 is 0 Å². The summed E-state index contributed by atoms with van der Waals surface area (Å²) in [6.07, 6.45) is 1.49. The van der Waals surface area contributed by atoms with Crippen LogP contribution in [0.5, 0.6) is 11.5 Å². The second-order valence-corrected chi connectivity index (χ2v) is 7.25. The quantitative estimate of drug-likeness (QED) is 0.556. The number of methoxy groups -OCH3 is 1. The molecule has 0 spiro atoms. The Morgan fingerprint density at radius 1 is 1.11 bits per heavy atom. The minimum absolute atomic E-state index is 0.00283. The monoisotopic (exact) mass is 397 g/mol. The van der Waals surface area contributed by atoms with E-state index in [2.05, 4.69) is 5.32 Å². The van der Waals surface area contributed by atoms with Crippen molar-refractivity contribution < 1.29 is 13.9 Å². The number of benzene rings is 3. The van der Waals surface area contributed by atoms with Gasteiger partial charge in [0.15, 0.2) is 0 Å². The van der Waals surface area contributed by atoms with Crippen LogP contribution in [0.2, 0.25) is 5.02 Å². The van der Waals surface area contributed by atoms with Crippen molar-refractivity contribution >= 4 is 17.3 Å². The van der Waals surface area contributed by atoms with Crippen LogP contribution in [0.4, 0.5) is 10.1 Å². The van der Waals surface area contributed by atoms with Crippen molar-refractivity contribution in [3.8, 4) is 22.6 Å². The molecule has 1 aliphatic heterocycles. The molecule has 1 N–H and O–H groups in total. The predicted octanol–water partition coefficient (Wildman–Crippen LogP) is 5.96. The van der Waals surface area contributed by atoms with Gasteiger partial charge in [0.1, 0.15) is 23.4 Å². The standard InChI is InChI=1S/C23H21ClFNO2/c1-27-22-8-7-16(24)13-20(22)21-14-17(25)11-15-12-19(28-23(15)21)9-10-26-18-5-3-2-4-6-18/h2-8,11,13-14,19,26H,9-10,12H2,1H3. The van der Waals surface area contributed by atoms with E-state index in [9.17, 15) is 4.39 Å². The first-order valence-corrected chi connectivity index (χ1v) is 9.64. The maximum absolute atomic E-state index is 14.3. The first kappa shape index (κ1) is 18.6. The van der Waals surface area contributed by atoms with E-state index in [4.69, 9.17) is 21.1 Å². The lowest BCUT2D eigenvalue weighted by atomic mass is 9.99. The summed E-state index contributed by atoms with van der Waals surface area (Å²) in [5.74, 6) is 1.06. The SMILES string of the molecule is COc1ccc(Cl)cc1-c1cc(F)cc2c1OC(CCNc1ccccc1)C2. The molecular formula is C23H21ClFNO2. The molecular weight excluding hydrogens is 377 g/mol. The van der Waals surface area contributed by atoms with Crippen LogP contribution in [0.15, 0.2) is 60.7 Å². The Balaban J connectivity index is 1.54. The summed E-state index contributed by atoms with van der Waals surface area (Å²) in [6.45, 7) is 0.779. The average molecular weight is 398 g/mol.